The molecule has 1 heterocycles. The minimum absolute atomic E-state index is 0.661. The topological polar surface area (TPSA) is 34.1 Å². The maximum absolute atomic E-state index is 5.12. The molecule has 3 rings (SSSR count). The molecule has 0 saturated heterocycles. The Hall–Kier alpha value is -1.23. The predicted molar refractivity (Wildman–Crippen MR) is 78.1 cm³/mol. The molecule has 1 N–H and O–H groups in total. The summed E-state index contributed by atoms with van der Waals surface area (Å²) in [6.07, 6.45) is 2.63. The Kier molecular flexibility index (Phi) is 3.92. The Labute approximate surface area is 117 Å². The van der Waals surface area contributed by atoms with Crippen LogP contribution in [0, 0.1) is 0 Å². The van der Waals surface area contributed by atoms with Crippen molar-refractivity contribution in [3.8, 4) is 10.6 Å². The van der Waals surface area contributed by atoms with Gasteiger partial charge in [-0.25, -0.2) is 4.98 Å². The first kappa shape index (κ1) is 12.8. The molecule has 100 valence electrons. The van der Waals surface area contributed by atoms with Crippen molar-refractivity contribution >= 4 is 11.3 Å². The van der Waals surface area contributed by atoms with Crippen LogP contribution in [0.4, 0.5) is 0 Å². The fraction of sp³-hybridized carbons (Fsp3) is 0.400. The monoisotopic (exact) mass is 274 g/mol. The SMILES string of the molecule is COCc1ccc(-c2nc(CNC3CC3)cs2)cc1. The first-order valence-electron chi connectivity index (χ1n) is 6.61. The lowest BCUT2D eigenvalue weighted by Crippen LogP contribution is -2.15. The molecule has 0 atom stereocenters. The van der Waals surface area contributed by atoms with E-state index in [1.807, 2.05) is 0 Å². The molecule has 3 nitrogen and oxygen atoms in total. The van der Waals surface area contributed by atoms with E-state index >= 15 is 0 Å². The number of ether oxygens (including phenoxy) is 1. The molecule has 0 aliphatic heterocycles. The smallest absolute Gasteiger partial charge is 0.123 e. The molecule has 2 aromatic rings. The molecular weight excluding hydrogens is 256 g/mol. The number of hydrogen-bond acceptors (Lipinski definition) is 4. The van der Waals surface area contributed by atoms with E-state index in [9.17, 15) is 0 Å². The van der Waals surface area contributed by atoms with Crippen LogP contribution in [0.1, 0.15) is 24.1 Å². The summed E-state index contributed by atoms with van der Waals surface area (Å²) in [6.45, 7) is 1.55. The van der Waals surface area contributed by atoms with Crippen molar-refractivity contribution in [3.05, 3.63) is 40.9 Å². The summed E-state index contributed by atoms with van der Waals surface area (Å²) in [6, 6.07) is 9.17. The molecule has 0 spiro atoms. The highest BCUT2D eigenvalue weighted by atomic mass is 32.1. The molecule has 1 fully saturated rings. The Bertz CT molecular complexity index is 531. The number of nitrogens with zero attached hydrogens (tertiary/aromatic N) is 1. The van der Waals surface area contributed by atoms with Gasteiger partial charge in [-0.2, -0.15) is 0 Å². The van der Waals surface area contributed by atoms with Crippen LogP contribution in [0.3, 0.4) is 0 Å². The van der Waals surface area contributed by atoms with Gasteiger partial charge in [-0.3, -0.25) is 0 Å². The van der Waals surface area contributed by atoms with Crippen LogP contribution in [-0.2, 0) is 17.9 Å². The Morgan fingerprint density at radius 2 is 2.11 bits per heavy atom. The maximum atomic E-state index is 5.12. The van der Waals surface area contributed by atoms with Crippen LogP contribution in [0.25, 0.3) is 10.6 Å². The summed E-state index contributed by atoms with van der Waals surface area (Å²) in [7, 11) is 1.72. The molecule has 0 bridgehead atoms. The molecule has 1 saturated carbocycles. The molecular formula is C15H18N2OS. The highest BCUT2D eigenvalue weighted by Crippen LogP contribution is 2.25. The lowest BCUT2D eigenvalue weighted by molar-refractivity contribution is 0.185. The quantitative estimate of drug-likeness (QED) is 0.878. The predicted octanol–water partition coefficient (Wildman–Crippen LogP) is 3.21. The van der Waals surface area contributed by atoms with Gasteiger partial charge >= 0.3 is 0 Å². The van der Waals surface area contributed by atoms with Crippen LogP contribution in [0.15, 0.2) is 29.6 Å². The second kappa shape index (κ2) is 5.82. The molecule has 1 aliphatic rings. The van der Waals surface area contributed by atoms with Crippen molar-refractivity contribution in [1.82, 2.24) is 10.3 Å². The van der Waals surface area contributed by atoms with E-state index in [1.54, 1.807) is 18.4 Å². The average molecular weight is 274 g/mol. The summed E-state index contributed by atoms with van der Waals surface area (Å²) in [5.41, 5.74) is 3.52. The van der Waals surface area contributed by atoms with Gasteiger partial charge in [0.1, 0.15) is 5.01 Å². The van der Waals surface area contributed by atoms with Gasteiger partial charge in [0.05, 0.1) is 12.3 Å². The number of rotatable bonds is 6. The summed E-state index contributed by atoms with van der Waals surface area (Å²) in [4.78, 5) is 4.68. The van der Waals surface area contributed by atoms with E-state index in [1.165, 1.54) is 24.0 Å². The number of thiazole rings is 1. The van der Waals surface area contributed by atoms with Gasteiger partial charge in [-0.05, 0) is 18.4 Å². The Balaban J connectivity index is 1.66. The first-order valence-corrected chi connectivity index (χ1v) is 7.49. The summed E-state index contributed by atoms with van der Waals surface area (Å²) in [5, 5.41) is 6.73. The highest BCUT2D eigenvalue weighted by molar-refractivity contribution is 7.13. The van der Waals surface area contributed by atoms with Gasteiger partial charge in [0, 0.05) is 30.6 Å². The van der Waals surface area contributed by atoms with E-state index in [0.29, 0.717) is 6.61 Å². The van der Waals surface area contributed by atoms with Crippen LogP contribution < -0.4 is 5.32 Å². The zero-order chi connectivity index (χ0) is 13.1. The molecule has 0 amide bonds. The molecule has 19 heavy (non-hydrogen) atoms. The molecule has 1 aromatic heterocycles. The highest BCUT2D eigenvalue weighted by Gasteiger charge is 2.20. The van der Waals surface area contributed by atoms with Crippen molar-refractivity contribution in [2.75, 3.05) is 7.11 Å². The third kappa shape index (κ3) is 3.41. The van der Waals surface area contributed by atoms with Gasteiger partial charge < -0.3 is 10.1 Å². The standard InChI is InChI=1S/C15H18N2OS/c1-18-9-11-2-4-12(5-3-11)15-17-14(10-19-15)8-16-13-6-7-13/h2-5,10,13,16H,6-9H2,1H3. The van der Waals surface area contributed by atoms with Crippen molar-refractivity contribution in [2.24, 2.45) is 0 Å². The fourth-order valence-electron chi connectivity index (χ4n) is 1.97. The second-order valence-corrected chi connectivity index (χ2v) is 5.79. The fourth-order valence-corrected chi connectivity index (χ4v) is 2.79. The number of hydrogen-bond donors (Lipinski definition) is 1. The minimum atomic E-state index is 0.661. The lowest BCUT2D eigenvalue weighted by Gasteiger charge is -2.01. The van der Waals surface area contributed by atoms with Crippen molar-refractivity contribution < 1.29 is 4.74 Å². The van der Waals surface area contributed by atoms with Gasteiger partial charge in [0.25, 0.3) is 0 Å². The molecule has 0 unspecified atom stereocenters. The number of nitrogens with one attached hydrogen (secondary N) is 1. The zero-order valence-corrected chi connectivity index (χ0v) is 11.9. The van der Waals surface area contributed by atoms with Crippen molar-refractivity contribution in [3.63, 3.8) is 0 Å². The van der Waals surface area contributed by atoms with Gasteiger partial charge in [-0.1, -0.05) is 24.3 Å². The van der Waals surface area contributed by atoms with Crippen LogP contribution in [0.2, 0.25) is 0 Å². The van der Waals surface area contributed by atoms with E-state index in [2.05, 4.69) is 39.9 Å². The molecule has 4 heteroatoms. The summed E-state index contributed by atoms with van der Waals surface area (Å²) < 4.78 is 5.12. The van der Waals surface area contributed by atoms with E-state index < -0.39 is 0 Å². The number of aromatic nitrogens is 1. The van der Waals surface area contributed by atoms with Crippen LogP contribution in [0.5, 0.6) is 0 Å². The summed E-state index contributed by atoms with van der Waals surface area (Å²) in [5.74, 6) is 0. The van der Waals surface area contributed by atoms with Crippen LogP contribution in [-0.4, -0.2) is 18.1 Å². The Morgan fingerprint density at radius 3 is 2.79 bits per heavy atom. The van der Waals surface area contributed by atoms with E-state index in [-0.39, 0.29) is 0 Å². The first-order chi connectivity index (χ1) is 9.35. The third-order valence-corrected chi connectivity index (χ3v) is 4.15. The second-order valence-electron chi connectivity index (χ2n) is 4.93. The van der Waals surface area contributed by atoms with Crippen molar-refractivity contribution in [2.45, 2.75) is 32.0 Å². The van der Waals surface area contributed by atoms with Crippen molar-refractivity contribution in [1.29, 1.82) is 0 Å². The van der Waals surface area contributed by atoms with Gasteiger partial charge in [0.15, 0.2) is 0 Å². The normalized spacial score (nSPS) is 14.8. The van der Waals surface area contributed by atoms with Gasteiger partial charge in [0.2, 0.25) is 0 Å². The minimum Gasteiger partial charge on any atom is -0.380 e. The Morgan fingerprint density at radius 1 is 1.32 bits per heavy atom. The number of benzene rings is 1. The largest absolute Gasteiger partial charge is 0.380 e. The maximum Gasteiger partial charge on any atom is 0.123 e. The van der Waals surface area contributed by atoms with Gasteiger partial charge in [-0.15, -0.1) is 11.3 Å². The molecule has 0 radical (unpaired) electrons. The lowest BCUT2D eigenvalue weighted by atomic mass is 10.1. The molecule has 1 aromatic carbocycles. The third-order valence-electron chi connectivity index (χ3n) is 3.21. The summed E-state index contributed by atoms with van der Waals surface area (Å²) >= 11 is 1.71. The van der Waals surface area contributed by atoms with Crippen LogP contribution >= 0.6 is 11.3 Å². The zero-order valence-electron chi connectivity index (χ0n) is 11.1. The van der Waals surface area contributed by atoms with E-state index in [0.717, 1.165) is 23.3 Å². The van der Waals surface area contributed by atoms with E-state index in [4.69, 9.17) is 4.74 Å². The molecule has 1 aliphatic carbocycles. The number of methoxy groups -OCH3 is 1. The average Bonchev–Trinajstić information content (AvgIpc) is 3.15.